The lowest BCUT2D eigenvalue weighted by Gasteiger charge is -2.27. The molecule has 0 bridgehead atoms. The van der Waals surface area contributed by atoms with Gasteiger partial charge < -0.3 is 9.52 Å². The lowest BCUT2D eigenvalue weighted by Crippen LogP contribution is -2.17. The van der Waals surface area contributed by atoms with Gasteiger partial charge in [-0.3, -0.25) is 4.99 Å². The molecule has 6 aromatic carbocycles. The van der Waals surface area contributed by atoms with Gasteiger partial charge in [-0.25, -0.2) is 4.98 Å². The molecule has 0 saturated heterocycles. The van der Waals surface area contributed by atoms with Crippen LogP contribution in [0.25, 0.3) is 55.6 Å². The standard InChI is InChI=1S/C52H56N2O2/c1-49(2,3)37-18-15-17-35(26-37)32-20-22-34(23-21-32)42-28-39(51(7,8)9)30-44-46(42)54-48(56-44)41-25-24-33-16-13-14-19-40(33)45(41)53-31-36-27-38(50(4,5)6)29-43(47(36)55)52(10,11)12/h13-31,55H,1-12H3. The Hall–Kier alpha value is -5.48. The second-order valence-electron chi connectivity index (χ2n) is 19.5. The van der Waals surface area contributed by atoms with Gasteiger partial charge in [0, 0.05) is 28.3 Å². The number of aliphatic imine (C=N–C) groups is 1. The first-order chi connectivity index (χ1) is 26.2. The summed E-state index contributed by atoms with van der Waals surface area (Å²) in [5.74, 6) is 0.758. The fourth-order valence-electron chi connectivity index (χ4n) is 7.27. The predicted octanol–water partition coefficient (Wildman–Crippen LogP) is 14.6. The number of aromatic nitrogens is 1. The molecular weight excluding hydrogens is 685 g/mol. The number of nitrogens with zero attached hydrogens (tertiary/aromatic N) is 2. The van der Waals surface area contributed by atoms with E-state index in [-0.39, 0.29) is 27.4 Å². The van der Waals surface area contributed by atoms with Gasteiger partial charge in [0.2, 0.25) is 5.89 Å². The number of benzene rings is 6. The van der Waals surface area contributed by atoms with E-state index in [0.717, 1.165) is 55.4 Å². The number of phenols is 1. The summed E-state index contributed by atoms with van der Waals surface area (Å²) in [4.78, 5) is 10.4. The van der Waals surface area contributed by atoms with E-state index in [1.165, 1.54) is 22.3 Å². The average Bonchev–Trinajstić information content (AvgIpc) is 3.56. The van der Waals surface area contributed by atoms with E-state index in [2.05, 4.69) is 180 Å². The molecule has 0 spiro atoms. The first-order valence-electron chi connectivity index (χ1n) is 19.8. The van der Waals surface area contributed by atoms with Crippen LogP contribution in [-0.4, -0.2) is 16.3 Å². The Kier molecular flexibility index (Phi) is 9.64. The van der Waals surface area contributed by atoms with Gasteiger partial charge in [0.15, 0.2) is 5.58 Å². The normalized spacial score (nSPS) is 13.0. The molecule has 7 aromatic rings. The smallest absolute Gasteiger partial charge is 0.229 e. The minimum absolute atomic E-state index is 0.0741. The van der Waals surface area contributed by atoms with Crippen LogP contribution in [0.5, 0.6) is 5.75 Å². The predicted molar refractivity (Wildman–Crippen MR) is 238 cm³/mol. The van der Waals surface area contributed by atoms with Crippen LogP contribution in [0.3, 0.4) is 0 Å². The van der Waals surface area contributed by atoms with E-state index in [1.807, 2.05) is 12.1 Å². The van der Waals surface area contributed by atoms with Crippen molar-refractivity contribution >= 4 is 33.8 Å². The second-order valence-corrected chi connectivity index (χ2v) is 19.5. The van der Waals surface area contributed by atoms with Crippen molar-refractivity contribution in [3.05, 3.63) is 137 Å². The third-order valence-corrected chi connectivity index (χ3v) is 10.9. The maximum absolute atomic E-state index is 11.6. The maximum atomic E-state index is 11.6. The molecule has 1 aromatic heterocycles. The summed E-state index contributed by atoms with van der Waals surface area (Å²) < 4.78 is 6.75. The highest BCUT2D eigenvalue weighted by molar-refractivity contribution is 6.03. The van der Waals surface area contributed by atoms with Crippen molar-refractivity contribution in [2.75, 3.05) is 0 Å². The van der Waals surface area contributed by atoms with Gasteiger partial charge >= 0.3 is 0 Å². The zero-order valence-corrected chi connectivity index (χ0v) is 35.2. The van der Waals surface area contributed by atoms with Crippen molar-refractivity contribution in [3.8, 4) is 39.5 Å². The molecule has 0 radical (unpaired) electrons. The number of aromatic hydroxyl groups is 1. The summed E-state index contributed by atoms with van der Waals surface area (Å²) in [5, 5.41) is 13.7. The maximum Gasteiger partial charge on any atom is 0.229 e. The van der Waals surface area contributed by atoms with Crippen LogP contribution < -0.4 is 0 Å². The lowest BCUT2D eigenvalue weighted by atomic mass is 9.79. The first kappa shape index (κ1) is 38.8. The Morgan fingerprint density at radius 1 is 0.554 bits per heavy atom. The largest absolute Gasteiger partial charge is 0.507 e. The minimum Gasteiger partial charge on any atom is -0.507 e. The summed E-state index contributed by atoms with van der Waals surface area (Å²) in [6.45, 7) is 26.4. The fourth-order valence-corrected chi connectivity index (χ4v) is 7.27. The molecule has 0 fully saturated rings. The molecule has 0 atom stereocenters. The monoisotopic (exact) mass is 740 g/mol. The van der Waals surface area contributed by atoms with Gasteiger partial charge in [0.1, 0.15) is 11.3 Å². The molecule has 1 heterocycles. The Morgan fingerprint density at radius 2 is 1.20 bits per heavy atom. The van der Waals surface area contributed by atoms with Crippen molar-refractivity contribution in [1.29, 1.82) is 0 Å². The highest BCUT2D eigenvalue weighted by Crippen LogP contribution is 2.43. The van der Waals surface area contributed by atoms with E-state index < -0.39 is 0 Å². The van der Waals surface area contributed by atoms with Crippen LogP contribution in [-0.2, 0) is 21.7 Å². The van der Waals surface area contributed by atoms with E-state index in [1.54, 1.807) is 6.21 Å². The molecule has 0 unspecified atom stereocenters. The molecule has 56 heavy (non-hydrogen) atoms. The third-order valence-electron chi connectivity index (χ3n) is 10.9. The Morgan fingerprint density at radius 3 is 1.86 bits per heavy atom. The number of oxazole rings is 1. The first-order valence-corrected chi connectivity index (χ1v) is 19.8. The van der Waals surface area contributed by atoms with Gasteiger partial charge in [0.05, 0.1) is 11.3 Å². The zero-order valence-electron chi connectivity index (χ0n) is 35.2. The Balaban J connectivity index is 1.38. The zero-order chi connectivity index (χ0) is 40.4. The van der Waals surface area contributed by atoms with Crippen LogP contribution in [0, 0.1) is 0 Å². The minimum atomic E-state index is -0.252. The molecule has 286 valence electrons. The van der Waals surface area contributed by atoms with Crippen LogP contribution in [0.1, 0.15) is 111 Å². The number of phenolic OH excluding ortho intramolecular Hbond substituents is 1. The summed E-state index contributed by atoms with van der Waals surface area (Å²) in [6, 6.07) is 38.6. The molecule has 0 aliphatic carbocycles. The average molecular weight is 741 g/mol. The van der Waals surface area contributed by atoms with Crippen molar-refractivity contribution in [2.45, 2.75) is 105 Å². The van der Waals surface area contributed by atoms with Crippen LogP contribution in [0.4, 0.5) is 5.69 Å². The van der Waals surface area contributed by atoms with Crippen molar-refractivity contribution < 1.29 is 9.52 Å². The number of hydrogen-bond donors (Lipinski definition) is 1. The van der Waals surface area contributed by atoms with Gasteiger partial charge in [-0.05, 0) is 84.7 Å². The molecule has 0 aliphatic heterocycles. The summed E-state index contributed by atoms with van der Waals surface area (Å²) in [6.07, 6.45) is 1.80. The van der Waals surface area contributed by atoms with Gasteiger partial charge in [-0.1, -0.05) is 168 Å². The molecule has 0 saturated carbocycles. The molecule has 7 rings (SSSR count). The quantitative estimate of drug-likeness (QED) is 0.179. The topological polar surface area (TPSA) is 58.6 Å². The van der Waals surface area contributed by atoms with Gasteiger partial charge in [0.25, 0.3) is 0 Å². The van der Waals surface area contributed by atoms with Crippen LogP contribution in [0.2, 0.25) is 0 Å². The molecule has 4 heteroatoms. The highest BCUT2D eigenvalue weighted by Gasteiger charge is 2.26. The lowest BCUT2D eigenvalue weighted by molar-refractivity contribution is 0.444. The van der Waals surface area contributed by atoms with Crippen molar-refractivity contribution in [3.63, 3.8) is 0 Å². The van der Waals surface area contributed by atoms with E-state index in [4.69, 9.17) is 14.4 Å². The number of rotatable bonds is 5. The van der Waals surface area contributed by atoms with Gasteiger partial charge in [-0.2, -0.15) is 0 Å². The molecule has 1 N–H and O–H groups in total. The van der Waals surface area contributed by atoms with E-state index >= 15 is 0 Å². The Bertz CT molecular complexity index is 2610. The van der Waals surface area contributed by atoms with Gasteiger partial charge in [-0.15, -0.1) is 0 Å². The van der Waals surface area contributed by atoms with Crippen LogP contribution in [0.15, 0.2) is 119 Å². The molecular formula is C52H56N2O2. The molecule has 4 nitrogen and oxygen atoms in total. The second kappa shape index (κ2) is 13.9. The van der Waals surface area contributed by atoms with E-state index in [0.29, 0.717) is 11.5 Å². The third kappa shape index (κ3) is 7.67. The SMILES string of the molecule is CC(C)(C)c1cccc(-c2ccc(-c3cc(C(C)(C)C)cc4oc(-c5ccc6ccccc6c5N=Cc5cc(C(C)(C)C)cc(C(C)(C)C)c5O)nc34)cc2)c1. The summed E-state index contributed by atoms with van der Waals surface area (Å²) in [5.41, 5.74) is 12.4. The van der Waals surface area contributed by atoms with Crippen molar-refractivity contribution in [1.82, 2.24) is 4.98 Å². The fraction of sp³-hybridized carbons (Fsp3) is 0.308. The number of fused-ring (bicyclic) bond motifs is 2. The summed E-state index contributed by atoms with van der Waals surface area (Å²) >= 11 is 0. The van der Waals surface area contributed by atoms with E-state index in [9.17, 15) is 5.11 Å². The van der Waals surface area contributed by atoms with Crippen LogP contribution >= 0.6 is 0 Å². The molecule has 0 aliphatic rings. The Labute approximate surface area is 333 Å². The highest BCUT2D eigenvalue weighted by atomic mass is 16.3. The number of hydrogen-bond acceptors (Lipinski definition) is 4. The molecule has 0 amide bonds. The van der Waals surface area contributed by atoms with Crippen molar-refractivity contribution in [2.24, 2.45) is 4.99 Å². The summed E-state index contributed by atoms with van der Waals surface area (Å²) in [7, 11) is 0.